The zero-order valence-corrected chi connectivity index (χ0v) is 19.5. The highest BCUT2D eigenvalue weighted by molar-refractivity contribution is 5.95. The topological polar surface area (TPSA) is 117 Å². The maximum atomic E-state index is 12.6. The molecule has 0 radical (unpaired) electrons. The summed E-state index contributed by atoms with van der Waals surface area (Å²) in [6.45, 7) is 4.67. The number of likely N-dealkylation sites (tertiary alicyclic amines) is 1. The summed E-state index contributed by atoms with van der Waals surface area (Å²) in [5, 5.41) is 10.3. The van der Waals surface area contributed by atoms with Gasteiger partial charge in [-0.2, -0.15) is 0 Å². The van der Waals surface area contributed by atoms with Gasteiger partial charge in [0.25, 0.3) is 0 Å². The van der Waals surface area contributed by atoms with Gasteiger partial charge in [0.05, 0.1) is 29.5 Å². The first-order chi connectivity index (χ1) is 16.4. The highest BCUT2D eigenvalue weighted by Gasteiger charge is 2.64. The number of methoxy groups -OCH3 is 1. The van der Waals surface area contributed by atoms with E-state index in [2.05, 4.69) is 26.8 Å². The van der Waals surface area contributed by atoms with Crippen molar-refractivity contribution in [2.24, 2.45) is 5.73 Å². The number of ether oxygens (including phenoxy) is 1. The Hall–Kier alpha value is -3.23. The van der Waals surface area contributed by atoms with Gasteiger partial charge in [0.1, 0.15) is 0 Å². The SMILES string of the molecule is CCN1CC(c2[nH]c3c(c2C(=O)O)CCc2cnc(-c4ccc(OC)nc4)cc2-3)(C2(N)CC2)C1. The van der Waals surface area contributed by atoms with Gasteiger partial charge in [-0.1, -0.05) is 6.92 Å². The zero-order valence-electron chi connectivity index (χ0n) is 19.5. The number of carboxylic acids is 1. The van der Waals surface area contributed by atoms with Crippen LogP contribution in [-0.2, 0) is 18.3 Å². The summed E-state index contributed by atoms with van der Waals surface area (Å²) in [7, 11) is 1.59. The van der Waals surface area contributed by atoms with Crippen molar-refractivity contribution in [1.82, 2.24) is 19.9 Å². The minimum atomic E-state index is -0.872. The standard InChI is InChI=1S/C26H29N5O3/c1-3-31-13-25(14-31,26(27)8-9-26)23-21(24(32)33)17-6-4-15-11-28-19(10-18(15)22(17)30-23)16-5-7-20(34-2)29-12-16/h5,7,10-12,30H,3-4,6,8-9,13-14,27H2,1-2H3,(H,32,33). The molecule has 2 fully saturated rings. The fraction of sp³-hybridized carbons (Fsp3) is 0.423. The summed E-state index contributed by atoms with van der Waals surface area (Å²) in [6, 6.07) is 5.79. The van der Waals surface area contributed by atoms with E-state index in [1.165, 1.54) is 0 Å². The van der Waals surface area contributed by atoms with Crippen molar-refractivity contribution in [1.29, 1.82) is 0 Å². The molecule has 0 aromatic carbocycles. The number of nitrogens with zero attached hydrogens (tertiary/aromatic N) is 3. The van der Waals surface area contributed by atoms with E-state index in [9.17, 15) is 9.90 Å². The maximum Gasteiger partial charge on any atom is 0.337 e. The second-order valence-corrected chi connectivity index (χ2v) is 9.89. The third-order valence-corrected chi connectivity index (χ3v) is 8.11. The number of nitrogens with one attached hydrogen (secondary N) is 1. The average molecular weight is 460 g/mol. The summed E-state index contributed by atoms with van der Waals surface area (Å²) in [4.78, 5) is 27.5. The molecular formula is C26H29N5O3. The molecule has 0 atom stereocenters. The first-order valence-electron chi connectivity index (χ1n) is 11.9. The van der Waals surface area contributed by atoms with E-state index in [4.69, 9.17) is 10.5 Å². The van der Waals surface area contributed by atoms with E-state index in [0.29, 0.717) is 17.9 Å². The molecule has 8 nitrogen and oxygen atoms in total. The predicted octanol–water partition coefficient (Wildman–Crippen LogP) is 3.01. The molecule has 1 saturated carbocycles. The van der Waals surface area contributed by atoms with Crippen LogP contribution in [-0.4, -0.2) is 63.2 Å². The lowest BCUT2D eigenvalue weighted by Crippen LogP contribution is -2.69. The lowest BCUT2D eigenvalue weighted by Gasteiger charge is -2.53. The van der Waals surface area contributed by atoms with E-state index in [1.807, 2.05) is 24.4 Å². The number of aryl methyl sites for hydroxylation is 1. The molecule has 0 unspecified atom stereocenters. The van der Waals surface area contributed by atoms with Crippen LogP contribution in [0.1, 0.15) is 46.9 Å². The monoisotopic (exact) mass is 459 g/mol. The number of aromatic nitrogens is 3. The van der Waals surface area contributed by atoms with Gasteiger partial charge in [0, 0.05) is 53.9 Å². The number of carboxylic acid groups (broad SMARTS) is 1. The first kappa shape index (κ1) is 21.3. The van der Waals surface area contributed by atoms with Gasteiger partial charge in [-0.3, -0.25) is 4.98 Å². The minimum Gasteiger partial charge on any atom is -0.481 e. The molecule has 0 spiro atoms. The lowest BCUT2D eigenvalue weighted by molar-refractivity contribution is 0.0374. The maximum absolute atomic E-state index is 12.6. The number of fused-ring (bicyclic) bond motifs is 3. The Labute approximate surface area is 198 Å². The number of hydrogen-bond acceptors (Lipinski definition) is 6. The van der Waals surface area contributed by atoms with Gasteiger partial charge in [-0.05, 0) is 55.5 Å². The molecule has 3 aromatic heterocycles. The number of likely N-dealkylation sites (N-methyl/N-ethyl adjacent to an activating group) is 1. The largest absolute Gasteiger partial charge is 0.481 e. The van der Waals surface area contributed by atoms with Crippen molar-refractivity contribution < 1.29 is 14.6 Å². The molecule has 0 bridgehead atoms. The first-order valence-corrected chi connectivity index (χ1v) is 11.9. The van der Waals surface area contributed by atoms with Gasteiger partial charge >= 0.3 is 5.97 Å². The van der Waals surface area contributed by atoms with Crippen molar-refractivity contribution >= 4 is 5.97 Å². The highest BCUT2D eigenvalue weighted by Crippen LogP contribution is 2.56. The molecule has 34 heavy (non-hydrogen) atoms. The molecule has 176 valence electrons. The van der Waals surface area contributed by atoms with Gasteiger partial charge < -0.3 is 25.5 Å². The van der Waals surface area contributed by atoms with Crippen LogP contribution in [0.5, 0.6) is 5.88 Å². The second kappa shape index (κ2) is 7.38. The molecule has 4 heterocycles. The molecule has 8 heteroatoms. The van der Waals surface area contributed by atoms with Crippen LogP contribution in [0.4, 0.5) is 0 Å². The van der Waals surface area contributed by atoms with Crippen LogP contribution in [0.15, 0.2) is 30.6 Å². The Bertz CT molecular complexity index is 1290. The number of aromatic amines is 1. The summed E-state index contributed by atoms with van der Waals surface area (Å²) < 4.78 is 5.17. The van der Waals surface area contributed by atoms with Crippen LogP contribution in [0.25, 0.3) is 22.5 Å². The predicted molar refractivity (Wildman–Crippen MR) is 128 cm³/mol. The normalized spacial score (nSPS) is 19.6. The average Bonchev–Trinajstić information content (AvgIpc) is 3.44. The minimum absolute atomic E-state index is 0.336. The quantitative estimate of drug-likeness (QED) is 0.519. The van der Waals surface area contributed by atoms with E-state index >= 15 is 0 Å². The van der Waals surface area contributed by atoms with Crippen LogP contribution in [0.3, 0.4) is 0 Å². The van der Waals surface area contributed by atoms with Crippen LogP contribution < -0.4 is 10.5 Å². The molecule has 3 aliphatic rings. The molecule has 4 N–H and O–H groups in total. The van der Waals surface area contributed by atoms with Crippen LogP contribution >= 0.6 is 0 Å². The Morgan fingerprint density at radius 2 is 2.03 bits per heavy atom. The summed E-state index contributed by atoms with van der Waals surface area (Å²) in [6.07, 6.45) is 6.95. The fourth-order valence-electron chi connectivity index (χ4n) is 5.88. The van der Waals surface area contributed by atoms with Crippen molar-refractivity contribution in [3.05, 3.63) is 53.0 Å². The van der Waals surface area contributed by atoms with E-state index in [1.54, 1.807) is 13.3 Å². The summed E-state index contributed by atoms with van der Waals surface area (Å²) >= 11 is 0. The van der Waals surface area contributed by atoms with Gasteiger partial charge in [-0.25, -0.2) is 9.78 Å². The van der Waals surface area contributed by atoms with Gasteiger partial charge in [0.15, 0.2) is 0 Å². The number of aromatic carboxylic acids is 1. The summed E-state index contributed by atoms with van der Waals surface area (Å²) in [5.41, 5.74) is 13.0. The van der Waals surface area contributed by atoms with E-state index < -0.39 is 5.97 Å². The van der Waals surface area contributed by atoms with Gasteiger partial charge in [0.2, 0.25) is 5.88 Å². The molecule has 0 amide bonds. The van der Waals surface area contributed by atoms with E-state index in [0.717, 1.165) is 78.2 Å². The number of nitrogens with two attached hydrogens (primary N) is 1. The molecule has 6 rings (SSSR count). The Kier molecular flexibility index (Phi) is 4.63. The van der Waals surface area contributed by atoms with Crippen molar-refractivity contribution in [2.75, 3.05) is 26.7 Å². The Balaban J connectivity index is 1.49. The zero-order chi connectivity index (χ0) is 23.7. The third kappa shape index (κ3) is 2.95. The van der Waals surface area contributed by atoms with E-state index in [-0.39, 0.29) is 11.0 Å². The fourth-order valence-corrected chi connectivity index (χ4v) is 5.88. The van der Waals surface area contributed by atoms with Crippen molar-refractivity contribution in [3.63, 3.8) is 0 Å². The second-order valence-electron chi connectivity index (χ2n) is 9.89. The Morgan fingerprint density at radius 3 is 2.65 bits per heavy atom. The molecule has 1 aliphatic heterocycles. The van der Waals surface area contributed by atoms with Crippen LogP contribution in [0, 0.1) is 0 Å². The molecular weight excluding hydrogens is 430 g/mol. The highest BCUT2D eigenvalue weighted by atomic mass is 16.5. The number of hydrogen-bond donors (Lipinski definition) is 3. The molecule has 1 saturated heterocycles. The molecule has 2 aliphatic carbocycles. The van der Waals surface area contributed by atoms with Crippen molar-refractivity contribution in [2.45, 2.75) is 43.6 Å². The molecule has 3 aromatic rings. The lowest BCUT2D eigenvalue weighted by atomic mass is 9.67. The summed E-state index contributed by atoms with van der Waals surface area (Å²) in [5.74, 6) is -0.324. The number of H-pyrrole nitrogens is 1. The smallest absolute Gasteiger partial charge is 0.337 e. The number of carbonyl (C=O) groups is 1. The van der Waals surface area contributed by atoms with Gasteiger partial charge in [-0.15, -0.1) is 0 Å². The number of pyridine rings is 2. The number of rotatable bonds is 6. The van der Waals surface area contributed by atoms with Crippen LogP contribution in [0.2, 0.25) is 0 Å². The third-order valence-electron chi connectivity index (χ3n) is 8.11. The Morgan fingerprint density at radius 1 is 1.24 bits per heavy atom. The van der Waals surface area contributed by atoms with Crippen molar-refractivity contribution in [3.8, 4) is 28.4 Å².